The molecule has 2 rings (SSSR count). The maximum absolute atomic E-state index is 11.5. The average Bonchev–Trinajstić information content (AvgIpc) is 2.35. The van der Waals surface area contributed by atoms with Crippen molar-refractivity contribution in [3.8, 4) is 17.2 Å². The quantitative estimate of drug-likeness (QED) is 0.861. The molecule has 1 fully saturated rings. The first-order chi connectivity index (χ1) is 9.08. The van der Waals surface area contributed by atoms with Crippen LogP contribution in [0, 0.1) is 0 Å². The van der Waals surface area contributed by atoms with Crippen molar-refractivity contribution in [3.63, 3.8) is 0 Å². The van der Waals surface area contributed by atoms with Gasteiger partial charge in [0.1, 0.15) is 5.41 Å². The fourth-order valence-corrected chi connectivity index (χ4v) is 2.08. The first-order valence-electron chi connectivity index (χ1n) is 5.70. The molecule has 1 heterocycles. The Labute approximate surface area is 110 Å². The molecule has 1 aliphatic heterocycles. The van der Waals surface area contributed by atoms with Crippen molar-refractivity contribution in [2.75, 3.05) is 34.5 Å². The van der Waals surface area contributed by atoms with E-state index in [9.17, 15) is 9.90 Å². The third-order valence-corrected chi connectivity index (χ3v) is 3.32. The minimum absolute atomic E-state index is 0.140. The normalized spacial score (nSPS) is 16.4. The molecule has 1 aromatic carbocycles. The Balaban J connectivity index is 2.56. The number of rotatable bonds is 5. The number of carbonyl (C=O) groups is 1. The van der Waals surface area contributed by atoms with E-state index in [0.717, 1.165) is 0 Å². The fourth-order valence-electron chi connectivity index (χ4n) is 2.08. The number of benzene rings is 1. The van der Waals surface area contributed by atoms with E-state index >= 15 is 0 Å². The highest BCUT2D eigenvalue weighted by Gasteiger charge is 2.48. The number of methoxy groups -OCH3 is 3. The van der Waals surface area contributed by atoms with Gasteiger partial charge in [0.05, 0.1) is 34.5 Å². The topological polar surface area (TPSA) is 74.2 Å². The first kappa shape index (κ1) is 13.5. The summed E-state index contributed by atoms with van der Waals surface area (Å²) in [5, 5.41) is 9.40. The van der Waals surface area contributed by atoms with Gasteiger partial charge in [-0.2, -0.15) is 0 Å². The highest BCUT2D eigenvalue weighted by Crippen LogP contribution is 2.43. The molecule has 1 saturated heterocycles. The third-order valence-electron chi connectivity index (χ3n) is 3.32. The second-order valence-electron chi connectivity index (χ2n) is 4.29. The van der Waals surface area contributed by atoms with E-state index in [1.54, 1.807) is 12.1 Å². The van der Waals surface area contributed by atoms with Gasteiger partial charge in [-0.05, 0) is 17.7 Å². The Morgan fingerprint density at radius 3 is 1.95 bits per heavy atom. The van der Waals surface area contributed by atoms with Gasteiger partial charge >= 0.3 is 5.97 Å². The number of hydrogen-bond donors (Lipinski definition) is 1. The second-order valence-corrected chi connectivity index (χ2v) is 4.29. The number of ether oxygens (including phenoxy) is 4. The molecule has 19 heavy (non-hydrogen) atoms. The largest absolute Gasteiger partial charge is 0.493 e. The van der Waals surface area contributed by atoms with Crippen LogP contribution < -0.4 is 14.2 Å². The molecule has 6 nitrogen and oxygen atoms in total. The SMILES string of the molecule is COc1cc(C2(C(=O)O)COC2)cc(OC)c1OC. The average molecular weight is 268 g/mol. The van der Waals surface area contributed by atoms with Crippen LogP contribution in [0.5, 0.6) is 17.2 Å². The number of hydrogen-bond acceptors (Lipinski definition) is 5. The van der Waals surface area contributed by atoms with Gasteiger partial charge in [-0.15, -0.1) is 0 Å². The molecule has 0 unspecified atom stereocenters. The summed E-state index contributed by atoms with van der Waals surface area (Å²) in [6.45, 7) is 0.280. The molecule has 0 aliphatic carbocycles. The van der Waals surface area contributed by atoms with E-state index in [1.165, 1.54) is 21.3 Å². The van der Waals surface area contributed by atoms with Crippen LogP contribution in [0.15, 0.2) is 12.1 Å². The Morgan fingerprint density at radius 1 is 1.16 bits per heavy atom. The van der Waals surface area contributed by atoms with Crippen LogP contribution in [0.4, 0.5) is 0 Å². The predicted molar refractivity (Wildman–Crippen MR) is 66.2 cm³/mol. The van der Waals surface area contributed by atoms with Crippen LogP contribution in [0.2, 0.25) is 0 Å². The van der Waals surface area contributed by atoms with E-state index in [4.69, 9.17) is 18.9 Å². The van der Waals surface area contributed by atoms with Crippen molar-refractivity contribution < 1.29 is 28.8 Å². The second kappa shape index (κ2) is 4.97. The van der Waals surface area contributed by atoms with E-state index in [2.05, 4.69) is 0 Å². The summed E-state index contributed by atoms with van der Waals surface area (Å²) in [4.78, 5) is 11.5. The van der Waals surface area contributed by atoms with Crippen LogP contribution in [-0.4, -0.2) is 45.6 Å². The van der Waals surface area contributed by atoms with Crippen molar-refractivity contribution in [1.29, 1.82) is 0 Å². The Morgan fingerprint density at radius 2 is 1.68 bits per heavy atom. The van der Waals surface area contributed by atoms with Crippen LogP contribution in [0.25, 0.3) is 0 Å². The summed E-state index contributed by atoms with van der Waals surface area (Å²) in [6.07, 6.45) is 0. The summed E-state index contributed by atoms with van der Waals surface area (Å²) < 4.78 is 20.7. The molecule has 1 aromatic rings. The lowest BCUT2D eigenvalue weighted by molar-refractivity contribution is -0.163. The van der Waals surface area contributed by atoms with Crippen molar-refractivity contribution in [2.45, 2.75) is 5.41 Å². The molecular formula is C13H16O6. The van der Waals surface area contributed by atoms with Gasteiger partial charge in [0, 0.05) is 0 Å². The van der Waals surface area contributed by atoms with Crippen LogP contribution in [0.3, 0.4) is 0 Å². The van der Waals surface area contributed by atoms with Crippen molar-refractivity contribution >= 4 is 5.97 Å². The molecule has 0 saturated carbocycles. The Hall–Kier alpha value is -1.95. The summed E-state index contributed by atoms with van der Waals surface area (Å²) in [5.74, 6) is 0.385. The molecule has 104 valence electrons. The maximum atomic E-state index is 11.5. The monoisotopic (exact) mass is 268 g/mol. The van der Waals surface area contributed by atoms with E-state index in [1.807, 2.05) is 0 Å². The van der Waals surface area contributed by atoms with E-state index < -0.39 is 11.4 Å². The molecule has 0 radical (unpaired) electrons. The van der Waals surface area contributed by atoms with E-state index in [-0.39, 0.29) is 13.2 Å². The van der Waals surface area contributed by atoms with Crippen LogP contribution in [-0.2, 0) is 14.9 Å². The van der Waals surface area contributed by atoms with E-state index in [0.29, 0.717) is 22.8 Å². The standard InChI is InChI=1S/C13H16O6/c1-16-9-4-8(5-10(17-2)11(9)18-3)13(12(14)15)6-19-7-13/h4-5H,6-7H2,1-3H3,(H,14,15). The molecular weight excluding hydrogens is 252 g/mol. The molecule has 1 N–H and O–H groups in total. The number of carboxylic acids is 1. The van der Waals surface area contributed by atoms with Gasteiger partial charge in [-0.1, -0.05) is 0 Å². The lowest BCUT2D eigenvalue weighted by Gasteiger charge is -2.38. The Bertz CT molecular complexity index is 467. The van der Waals surface area contributed by atoms with Crippen LogP contribution in [0.1, 0.15) is 5.56 Å². The van der Waals surface area contributed by atoms with Gasteiger partial charge in [0.25, 0.3) is 0 Å². The summed E-state index contributed by atoms with van der Waals surface area (Å²) in [7, 11) is 4.48. The Kier molecular flexibility index (Phi) is 3.53. The van der Waals surface area contributed by atoms with Gasteiger partial charge in [0.15, 0.2) is 11.5 Å². The van der Waals surface area contributed by atoms with Gasteiger partial charge in [-0.3, -0.25) is 4.79 Å². The zero-order valence-electron chi connectivity index (χ0n) is 11.1. The summed E-state index contributed by atoms with van der Waals surface area (Å²) in [6, 6.07) is 3.30. The summed E-state index contributed by atoms with van der Waals surface area (Å²) in [5.41, 5.74) is -0.451. The number of carboxylic acid groups (broad SMARTS) is 1. The minimum Gasteiger partial charge on any atom is -0.493 e. The zero-order chi connectivity index (χ0) is 14.0. The van der Waals surface area contributed by atoms with Crippen molar-refractivity contribution in [1.82, 2.24) is 0 Å². The maximum Gasteiger partial charge on any atom is 0.318 e. The third kappa shape index (κ3) is 1.98. The molecule has 6 heteroatoms. The predicted octanol–water partition coefficient (Wildman–Crippen LogP) is 1.06. The van der Waals surface area contributed by atoms with Crippen molar-refractivity contribution in [2.24, 2.45) is 0 Å². The minimum atomic E-state index is -1.03. The highest BCUT2D eigenvalue weighted by molar-refractivity contribution is 5.83. The lowest BCUT2D eigenvalue weighted by atomic mass is 9.78. The smallest absolute Gasteiger partial charge is 0.318 e. The first-order valence-corrected chi connectivity index (χ1v) is 5.70. The lowest BCUT2D eigenvalue weighted by Crippen LogP contribution is -2.53. The fraction of sp³-hybridized carbons (Fsp3) is 0.462. The highest BCUT2D eigenvalue weighted by atomic mass is 16.5. The molecule has 0 atom stereocenters. The molecule has 0 amide bonds. The van der Waals surface area contributed by atoms with Gasteiger partial charge < -0.3 is 24.1 Å². The molecule has 0 bridgehead atoms. The van der Waals surface area contributed by atoms with Gasteiger partial charge in [0.2, 0.25) is 5.75 Å². The zero-order valence-corrected chi connectivity index (χ0v) is 11.1. The van der Waals surface area contributed by atoms with Crippen molar-refractivity contribution in [3.05, 3.63) is 17.7 Å². The van der Waals surface area contributed by atoms with Crippen LogP contribution >= 0.6 is 0 Å². The molecule has 0 spiro atoms. The molecule has 1 aliphatic rings. The molecule has 0 aromatic heterocycles. The summed E-state index contributed by atoms with van der Waals surface area (Å²) >= 11 is 0. The number of aliphatic carboxylic acids is 1. The van der Waals surface area contributed by atoms with Gasteiger partial charge in [-0.25, -0.2) is 0 Å².